The SMILES string of the molecule is CC(C)COCCCNC(=O)NNC(=O)c1c[nH]c2ccccc12. The molecule has 0 saturated carbocycles. The van der Waals surface area contributed by atoms with Gasteiger partial charge in [-0.1, -0.05) is 32.0 Å². The van der Waals surface area contributed by atoms with E-state index in [0.29, 0.717) is 31.2 Å². The summed E-state index contributed by atoms with van der Waals surface area (Å²) in [4.78, 5) is 26.8. The fourth-order valence-electron chi connectivity index (χ4n) is 2.18. The lowest BCUT2D eigenvalue weighted by Gasteiger charge is -2.09. The first-order valence-corrected chi connectivity index (χ1v) is 8.06. The van der Waals surface area contributed by atoms with E-state index in [2.05, 4.69) is 35.0 Å². The first-order chi connectivity index (χ1) is 11.6. The van der Waals surface area contributed by atoms with E-state index < -0.39 is 6.03 Å². The molecule has 0 bridgehead atoms. The molecule has 7 nitrogen and oxygen atoms in total. The lowest BCUT2D eigenvalue weighted by atomic mass is 10.2. The predicted octanol–water partition coefficient (Wildman–Crippen LogP) is 2.17. The van der Waals surface area contributed by atoms with Gasteiger partial charge >= 0.3 is 6.03 Å². The monoisotopic (exact) mass is 332 g/mol. The number of fused-ring (bicyclic) bond motifs is 1. The molecule has 0 saturated heterocycles. The second-order valence-electron chi connectivity index (χ2n) is 5.91. The molecule has 7 heteroatoms. The van der Waals surface area contributed by atoms with E-state index in [1.165, 1.54) is 0 Å². The Balaban J connectivity index is 1.67. The van der Waals surface area contributed by atoms with Crippen LogP contribution in [-0.4, -0.2) is 36.7 Å². The van der Waals surface area contributed by atoms with E-state index >= 15 is 0 Å². The minimum Gasteiger partial charge on any atom is -0.381 e. The number of hydrazine groups is 1. The number of hydrogen-bond donors (Lipinski definition) is 4. The molecular formula is C17H24N4O3. The van der Waals surface area contributed by atoms with Crippen molar-refractivity contribution < 1.29 is 14.3 Å². The largest absolute Gasteiger partial charge is 0.381 e. The van der Waals surface area contributed by atoms with Crippen LogP contribution in [0.1, 0.15) is 30.6 Å². The van der Waals surface area contributed by atoms with Gasteiger partial charge in [-0.3, -0.25) is 10.2 Å². The summed E-state index contributed by atoms with van der Waals surface area (Å²) in [5.41, 5.74) is 6.08. The number of nitrogens with one attached hydrogen (secondary N) is 4. The number of hydrogen-bond acceptors (Lipinski definition) is 3. The van der Waals surface area contributed by atoms with Crippen LogP contribution in [0.15, 0.2) is 30.5 Å². The van der Waals surface area contributed by atoms with Gasteiger partial charge in [-0.15, -0.1) is 0 Å². The molecule has 2 aromatic rings. The minimum absolute atomic E-state index is 0.372. The minimum atomic E-state index is -0.452. The Morgan fingerprint density at radius 3 is 2.79 bits per heavy atom. The van der Waals surface area contributed by atoms with Crippen molar-refractivity contribution in [3.05, 3.63) is 36.0 Å². The third-order valence-electron chi connectivity index (χ3n) is 3.33. The highest BCUT2D eigenvalue weighted by atomic mass is 16.5. The molecular weight excluding hydrogens is 308 g/mol. The zero-order valence-electron chi connectivity index (χ0n) is 14.0. The molecule has 0 aliphatic rings. The van der Waals surface area contributed by atoms with Gasteiger partial charge in [0.15, 0.2) is 0 Å². The normalized spacial score (nSPS) is 10.8. The number of aromatic nitrogens is 1. The Labute approximate surface area is 141 Å². The highest BCUT2D eigenvalue weighted by molar-refractivity contribution is 6.06. The second-order valence-corrected chi connectivity index (χ2v) is 5.91. The van der Waals surface area contributed by atoms with Crippen molar-refractivity contribution in [2.45, 2.75) is 20.3 Å². The first-order valence-electron chi connectivity index (χ1n) is 8.06. The standard InChI is InChI=1S/C17H24N4O3/c1-12(2)11-24-9-5-8-18-17(23)21-20-16(22)14-10-19-15-7-4-3-6-13(14)15/h3-4,6-7,10,12,19H,5,8-9,11H2,1-2H3,(H,20,22)(H2,18,21,23). The van der Waals surface area contributed by atoms with Crippen LogP contribution < -0.4 is 16.2 Å². The van der Waals surface area contributed by atoms with Crippen LogP contribution in [0.25, 0.3) is 10.9 Å². The molecule has 1 heterocycles. The second kappa shape index (κ2) is 8.93. The van der Waals surface area contributed by atoms with Gasteiger partial charge in [0.1, 0.15) is 0 Å². The van der Waals surface area contributed by atoms with Gasteiger partial charge in [-0.2, -0.15) is 0 Å². The van der Waals surface area contributed by atoms with Crippen molar-refractivity contribution in [1.82, 2.24) is 21.2 Å². The number of carbonyl (C=O) groups excluding carboxylic acids is 2. The molecule has 0 aliphatic carbocycles. The molecule has 130 valence electrons. The van der Waals surface area contributed by atoms with Crippen LogP contribution in [0.2, 0.25) is 0 Å². The maximum atomic E-state index is 12.1. The van der Waals surface area contributed by atoms with Crippen molar-refractivity contribution in [2.24, 2.45) is 5.92 Å². The lowest BCUT2D eigenvalue weighted by Crippen LogP contribution is -2.47. The number of aromatic amines is 1. The summed E-state index contributed by atoms with van der Waals surface area (Å²) in [6.45, 7) is 5.96. The van der Waals surface area contributed by atoms with Crippen LogP contribution in [0, 0.1) is 5.92 Å². The van der Waals surface area contributed by atoms with Crippen LogP contribution in [-0.2, 0) is 4.74 Å². The lowest BCUT2D eigenvalue weighted by molar-refractivity contribution is 0.0937. The van der Waals surface area contributed by atoms with Gasteiger partial charge in [0.25, 0.3) is 5.91 Å². The number of benzene rings is 1. The number of H-pyrrole nitrogens is 1. The zero-order valence-corrected chi connectivity index (χ0v) is 14.0. The molecule has 3 amide bonds. The molecule has 2 rings (SSSR count). The smallest absolute Gasteiger partial charge is 0.333 e. The zero-order chi connectivity index (χ0) is 17.4. The Hall–Kier alpha value is -2.54. The van der Waals surface area contributed by atoms with E-state index in [0.717, 1.165) is 17.3 Å². The van der Waals surface area contributed by atoms with Crippen molar-refractivity contribution in [1.29, 1.82) is 0 Å². The number of carbonyl (C=O) groups is 2. The van der Waals surface area contributed by atoms with Gasteiger partial charge in [0.2, 0.25) is 0 Å². The maximum Gasteiger partial charge on any atom is 0.333 e. The molecule has 1 aromatic heterocycles. The molecule has 0 aliphatic heterocycles. The highest BCUT2D eigenvalue weighted by Gasteiger charge is 2.12. The molecule has 0 spiro atoms. The molecule has 24 heavy (non-hydrogen) atoms. The predicted molar refractivity (Wildman–Crippen MR) is 92.6 cm³/mol. The molecule has 0 radical (unpaired) electrons. The van der Waals surface area contributed by atoms with Crippen molar-refractivity contribution in [3.8, 4) is 0 Å². The number of rotatable bonds is 7. The average molecular weight is 332 g/mol. The highest BCUT2D eigenvalue weighted by Crippen LogP contribution is 2.16. The third-order valence-corrected chi connectivity index (χ3v) is 3.33. The fourth-order valence-corrected chi connectivity index (χ4v) is 2.18. The topological polar surface area (TPSA) is 95.2 Å². The molecule has 4 N–H and O–H groups in total. The fraction of sp³-hybridized carbons (Fsp3) is 0.412. The van der Waals surface area contributed by atoms with E-state index in [1.54, 1.807) is 6.20 Å². The van der Waals surface area contributed by atoms with Gasteiger partial charge in [-0.05, 0) is 18.4 Å². The summed E-state index contributed by atoms with van der Waals surface area (Å²) in [6.07, 6.45) is 2.34. The van der Waals surface area contributed by atoms with Crippen LogP contribution in [0.5, 0.6) is 0 Å². The quantitative estimate of drug-likeness (QED) is 0.462. The molecule has 0 atom stereocenters. The van der Waals surface area contributed by atoms with Crippen LogP contribution >= 0.6 is 0 Å². The van der Waals surface area contributed by atoms with Gasteiger partial charge in [0.05, 0.1) is 5.56 Å². The first kappa shape index (κ1) is 17.8. The van der Waals surface area contributed by atoms with Crippen molar-refractivity contribution >= 4 is 22.8 Å². The summed E-state index contributed by atoms with van der Waals surface area (Å²) >= 11 is 0. The van der Waals surface area contributed by atoms with Crippen molar-refractivity contribution in [3.63, 3.8) is 0 Å². The molecule has 1 aromatic carbocycles. The summed E-state index contributed by atoms with van der Waals surface area (Å²) < 4.78 is 5.42. The number of ether oxygens (including phenoxy) is 1. The maximum absolute atomic E-state index is 12.1. The Bertz CT molecular complexity index is 681. The Kier molecular flexibility index (Phi) is 6.62. The molecule has 0 fully saturated rings. The van der Waals surface area contributed by atoms with E-state index in [-0.39, 0.29) is 5.91 Å². The van der Waals surface area contributed by atoms with Gasteiger partial charge in [-0.25, -0.2) is 10.2 Å². The summed E-state index contributed by atoms with van der Waals surface area (Å²) in [5, 5.41) is 3.46. The van der Waals surface area contributed by atoms with Crippen LogP contribution in [0.4, 0.5) is 4.79 Å². The van der Waals surface area contributed by atoms with E-state index in [1.807, 2.05) is 24.3 Å². The third kappa shape index (κ3) is 5.27. The van der Waals surface area contributed by atoms with Gasteiger partial charge in [0, 0.05) is 36.9 Å². The average Bonchev–Trinajstić information content (AvgIpc) is 2.99. The Morgan fingerprint density at radius 1 is 1.21 bits per heavy atom. The van der Waals surface area contributed by atoms with Crippen LogP contribution in [0.3, 0.4) is 0 Å². The van der Waals surface area contributed by atoms with Gasteiger partial charge < -0.3 is 15.0 Å². The van der Waals surface area contributed by atoms with Crippen molar-refractivity contribution in [2.75, 3.05) is 19.8 Å². The summed E-state index contributed by atoms with van der Waals surface area (Å²) in [6, 6.07) is 7.02. The number of para-hydroxylation sites is 1. The number of amides is 3. The summed E-state index contributed by atoms with van der Waals surface area (Å²) in [7, 11) is 0. The number of urea groups is 1. The molecule has 0 unspecified atom stereocenters. The van der Waals surface area contributed by atoms with E-state index in [9.17, 15) is 9.59 Å². The Morgan fingerprint density at radius 2 is 2.00 bits per heavy atom. The van der Waals surface area contributed by atoms with E-state index in [4.69, 9.17) is 4.74 Å². The summed E-state index contributed by atoms with van der Waals surface area (Å²) in [5.74, 6) is 0.129.